The Hall–Kier alpha value is -4.17. The molecule has 2 N–H and O–H groups in total. The zero-order chi connectivity index (χ0) is 27.9. The summed E-state index contributed by atoms with van der Waals surface area (Å²) in [4.78, 5) is 42.1. The first-order valence-electron chi connectivity index (χ1n) is 13.9. The molecule has 0 bridgehead atoms. The zero-order valence-electron chi connectivity index (χ0n) is 22.5. The molecule has 8 nitrogen and oxygen atoms in total. The number of carbonyl (C=O) groups excluding carboxylic acids is 2. The van der Waals surface area contributed by atoms with Gasteiger partial charge in [-0.05, 0) is 67.6 Å². The van der Waals surface area contributed by atoms with Gasteiger partial charge in [-0.15, -0.1) is 0 Å². The summed E-state index contributed by atoms with van der Waals surface area (Å²) < 4.78 is 6.10. The third-order valence-corrected chi connectivity index (χ3v) is 7.68. The van der Waals surface area contributed by atoms with E-state index in [4.69, 9.17) is 4.74 Å². The molecule has 5 rings (SSSR count). The molecule has 2 heterocycles. The van der Waals surface area contributed by atoms with Crippen LogP contribution in [0.2, 0.25) is 0 Å². The van der Waals surface area contributed by atoms with Gasteiger partial charge in [0.15, 0.2) is 0 Å². The monoisotopic (exact) mass is 541 g/mol. The maximum absolute atomic E-state index is 13.9. The van der Waals surface area contributed by atoms with Gasteiger partial charge in [-0.1, -0.05) is 60.7 Å². The number of aliphatic carboxylic acids is 1. The minimum Gasteiger partial charge on any atom is -0.494 e. The van der Waals surface area contributed by atoms with Crippen LogP contribution in [0.15, 0.2) is 78.9 Å². The molecule has 0 unspecified atom stereocenters. The Morgan fingerprint density at radius 1 is 0.950 bits per heavy atom. The Balaban J connectivity index is 1.52. The van der Waals surface area contributed by atoms with Crippen LogP contribution in [-0.4, -0.2) is 60.6 Å². The Morgan fingerprint density at radius 3 is 2.23 bits per heavy atom. The van der Waals surface area contributed by atoms with Crippen molar-refractivity contribution >= 4 is 23.5 Å². The fraction of sp³-hybridized carbons (Fsp3) is 0.344. The van der Waals surface area contributed by atoms with E-state index in [1.165, 1.54) is 4.90 Å². The van der Waals surface area contributed by atoms with Gasteiger partial charge < -0.3 is 20.1 Å². The standard InChI is InChI=1S/C32H35N3O5/c36-29-22-34(19-15-30(37)38)32(39)27-21-26(40-20-16-23-13-17-33-18-14-23)11-12-28(27)35(29)31(24-7-3-1-4-8-24)25-9-5-2-6-10-25/h1-12,21,23,31,33H,13-20,22H2,(H,37,38). The maximum atomic E-state index is 13.9. The van der Waals surface area contributed by atoms with Crippen molar-refractivity contribution in [3.63, 3.8) is 0 Å². The van der Waals surface area contributed by atoms with E-state index in [1.807, 2.05) is 66.7 Å². The van der Waals surface area contributed by atoms with Crippen molar-refractivity contribution < 1.29 is 24.2 Å². The number of carboxylic acid groups (broad SMARTS) is 1. The van der Waals surface area contributed by atoms with Crippen LogP contribution >= 0.6 is 0 Å². The Kier molecular flexibility index (Phi) is 8.76. The molecular weight excluding hydrogens is 506 g/mol. The SMILES string of the molecule is O=C(O)CCN1CC(=O)N(C(c2ccccc2)c2ccccc2)c2ccc(OCCC3CCNCC3)cc2C1=O. The van der Waals surface area contributed by atoms with Crippen LogP contribution < -0.4 is 15.0 Å². The number of carbonyl (C=O) groups is 3. The number of hydrogen-bond donors (Lipinski definition) is 2. The van der Waals surface area contributed by atoms with Gasteiger partial charge in [-0.2, -0.15) is 0 Å². The third-order valence-electron chi connectivity index (χ3n) is 7.68. The first-order chi connectivity index (χ1) is 19.5. The Morgan fingerprint density at radius 2 is 1.60 bits per heavy atom. The van der Waals surface area contributed by atoms with Crippen molar-refractivity contribution in [3.05, 3.63) is 95.6 Å². The molecule has 0 radical (unpaired) electrons. The van der Waals surface area contributed by atoms with Gasteiger partial charge in [-0.25, -0.2) is 0 Å². The van der Waals surface area contributed by atoms with Gasteiger partial charge in [-0.3, -0.25) is 19.3 Å². The number of ether oxygens (including phenoxy) is 1. The number of carboxylic acids is 1. The van der Waals surface area contributed by atoms with Crippen molar-refractivity contribution in [2.75, 3.05) is 37.7 Å². The van der Waals surface area contributed by atoms with Gasteiger partial charge in [0.05, 0.1) is 30.3 Å². The smallest absolute Gasteiger partial charge is 0.305 e. The lowest BCUT2D eigenvalue weighted by Gasteiger charge is -2.33. The van der Waals surface area contributed by atoms with Gasteiger partial charge in [0.1, 0.15) is 12.3 Å². The molecule has 1 saturated heterocycles. The molecule has 8 heteroatoms. The molecule has 3 aromatic rings. The number of anilines is 1. The number of piperidine rings is 1. The van der Waals surface area contributed by atoms with Crippen LogP contribution in [0.25, 0.3) is 0 Å². The van der Waals surface area contributed by atoms with Crippen molar-refractivity contribution in [2.45, 2.75) is 31.7 Å². The van der Waals surface area contributed by atoms with Gasteiger partial charge in [0, 0.05) is 6.54 Å². The summed E-state index contributed by atoms with van der Waals surface area (Å²) in [6.45, 7) is 2.31. The van der Waals surface area contributed by atoms with Gasteiger partial charge >= 0.3 is 5.97 Å². The maximum Gasteiger partial charge on any atom is 0.305 e. The fourth-order valence-electron chi connectivity index (χ4n) is 5.57. The predicted molar refractivity (Wildman–Crippen MR) is 153 cm³/mol. The van der Waals surface area contributed by atoms with Crippen LogP contribution in [0.4, 0.5) is 5.69 Å². The summed E-state index contributed by atoms with van der Waals surface area (Å²) in [6, 6.07) is 24.3. The van der Waals surface area contributed by atoms with E-state index in [0.29, 0.717) is 29.5 Å². The lowest BCUT2D eigenvalue weighted by atomic mass is 9.95. The molecule has 0 aliphatic carbocycles. The van der Waals surface area contributed by atoms with Crippen LogP contribution in [0.1, 0.15) is 53.2 Å². The van der Waals surface area contributed by atoms with Gasteiger partial charge in [0.25, 0.3) is 5.91 Å². The molecule has 0 atom stereocenters. The predicted octanol–water partition coefficient (Wildman–Crippen LogP) is 4.51. The van der Waals surface area contributed by atoms with E-state index in [0.717, 1.165) is 43.5 Å². The number of nitrogens with one attached hydrogen (secondary N) is 1. The highest BCUT2D eigenvalue weighted by Gasteiger charge is 2.37. The largest absolute Gasteiger partial charge is 0.494 e. The summed E-state index contributed by atoms with van der Waals surface area (Å²) in [5.41, 5.74) is 2.62. The zero-order valence-corrected chi connectivity index (χ0v) is 22.5. The number of amides is 2. The van der Waals surface area contributed by atoms with E-state index in [-0.39, 0.29) is 31.3 Å². The van der Waals surface area contributed by atoms with E-state index in [2.05, 4.69) is 5.32 Å². The lowest BCUT2D eigenvalue weighted by molar-refractivity contribution is -0.137. The molecular formula is C32H35N3O5. The first-order valence-corrected chi connectivity index (χ1v) is 13.9. The number of nitrogens with zero attached hydrogens (tertiary/aromatic N) is 2. The molecule has 0 spiro atoms. The number of rotatable bonds is 10. The second kappa shape index (κ2) is 12.8. The molecule has 208 valence electrons. The van der Waals surface area contributed by atoms with E-state index in [9.17, 15) is 19.5 Å². The normalized spacial score (nSPS) is 16.1. The molecule has 2 amide bonds. The fourth-order valence-corrected chi connectivity index (χ4v) is 5.57. The lowest BCUT2D eigenvalue weighted by Crippen LogP contribution is -2.42. The Labute approximate surface area is 234 Å². The summed E-state index contributed by atoms with van der Waals surface area (Å²) >= 11 is 0. The molecule has 2 aliphatic rings. The van der Waals surface area contributed by atoms with Crippen molar-refractivity contribution in [2.24, 2.45) is 5.92 Å². The van der Waals surface area contributed by atoms with Crippen molar-refractivity contribution in [1.29, 1.82) is 0 Å². The van der Waals surface area contributed by atoms with Crippen molar-refractivity contribution in [1.82, 2.24) is 10.2 Å². The molecule has 2 aliphatic heterocycles. The highest BCUT2D eigenvalue weighted by molar-refractivity contribution is 6.10. The average molecular weight is 542 g/mol. The average Bonchev–Trinajstić information content (AvgIpc) is 3.08. The Bertz CT molecular complexity index is 1290. The highest BCUT2D eigenvalue weighted by Crippen LogP contribution is 2.38. The number of hydrogen-bond acceptors (Lipinski definition) is 5. The summed E-state index contributed by atoms with van der Waals surface area (Å²) in [7, 11) is 0. The molecule has 3 aromatic carbocycles. The van der Waals surface area contributed by atoms with Crippen LogP contribution in [0, 0.1) is 5.92 Å². The van der Waals surface area contributed by atoms with E-state index < -0.39 is 12.0 Å². The van der Waals surface area contributed by atoms with Gasteiger partial charge in [0.2, 0.25) is 5.91 Å². The summed E-state index contributed by atoms with van der Waals surface area (Å²) in [6.07, 6.45) is 2.94. The molecule has 0 saturated carbocycles. The second-order valence-corrected chi connectivity index (χ2v) is 10.4. The summed E-state index contributed by atoms with van der Waals surface area (Å²) in [5.74, 6) is -0.515. The molecule has 1 fully saturated rings. The topological polar surface area (TPSA) is 99.2 Å². The van der Waals surface area contributed by atoms with E-state index in [1.54, 1.807) is 17.0 Å². The third kappa shape index (κ3) is 6.34. The second-order valence-electron chi connectivity index (χ2n) is 10.4. The number of benzene rings is 3. The first kappa shape index (κ1) is 27.4. The minimum atomic E-state index is -1.02. The number of fused-ring (bicyclic) bond motifs is 1. The van der Waals surface area contributed by atoms with Crippen LogP contribution in [-0.2, 0) is 9.59 Å². The minimum absolute atomic E-state index is 0.0602. The molecule has 0 aromatic heterocycles. The quantitative estimate of drug-likeness (QED) is 0.392. The van der Waals surface area contributed by atoms with Crippen molar-refractivity contribution in [3.8, 4) is 5.75 Å². The van der Waals surface area contributed by atoms with E-state index >= 15 is 0 Å². The molecule has 40 heavy (non-hydrogen) atoms. The van der Waals surface area contributed by atoms with Crippen LogP contribution in [0.5, 0.6) is 5.75 Å². The van der Waals surface area contributed by atoms with Crippen LogP contribution in [0.3, 0.4) is 0 Å². The summed E-state index contributed by atoms with van der Waals surface area (Å²) in [5, 5.41) is 12.7. The highest BCUT2D eigenvalue weighted by atomic mass is 16.5.